The summed E-state index contributed by atoms with van der Waals surface area (Å²) in [6.07, 6.45) is 3.30. The van der Waals surface area contributed by atoms with Crippen LogP contribution in [-0.4, -0.2) is 72.4 Å². The summed E-state index contributed by atoms with van der Waals surface area (Å²) >= 11 is 0. The van der Waals surface area contributed by atoms with Gasteiger partial charge in [-0.15, -0.1) is 0 Å². The molecule has 1 radical (unpaired) electrons. The molecule has 0 atom stereocenters. The van der Waals surface area contributed by atoms with Crippen molar-refractivity contribution in [1.82, 2.24) is 9.97 Å². The predicted octanol–water partition coefficient (Wildman–Crippen LogP) is 2.62. The van der Waals surface area contributed by atoms with Crippen molar-refractivity contribution in [2.75, 3.05) is 5.32 Å². The number of carboxylic acids is 1. The Hall–Kier alpha value is -1.18. The van der Waals surface area contributed by atoms with E-state index in [1.165, 1.54) is 0 Å². The minimum absolute atomic E-state index is 0. The minimum atomic E-state index is -0.993. The number of aromatic amines is 1. The number of carboxylic acid groups (broad SMARTS) is 1. The van der Waals surface area contributed by atoms with Gasteiger partial charge >= 0.3 is 5.97 Å². The molecule has 0 unspecified atom stereocenters. The standard InChI is InChI=1S/C14H11N3O2.K/c18-14(19)13-12(16-9-5-7-15-8-6-9)10-3-1-2-4-11(10)17-13;/h1-8,17H,(H,15,16)(H,18,19);. The summed E-state index contributed by atoms with van der Waals surface area (Å²) < 4.78 is 0. The SMILES string of the molecule is O=C(O)c1[nH]c2ccccc2c1Nc1ccncc1.[K]. The quantitative estimate of drug-likeness (QED) is 0.648. The molecular formula is C14H11KN3O2. The Morgan fingerprint density at radius 1 is 1.15 bits per heavy atom. The molecule has 0 aliphatic heterocycles. The van der Waals surface area contributed by atoms with Gasteiger partial charge in [0.1, 0.15) is 5.69 Å². The summed E-state index contributed by atoms with van der Waals surface area (Å²) in [4.78, 5) is 18.1. The first-order valence-corrected chi connectivity index (χ1v) is 5.77. The van der Waals surface area contributed by atoms with E-state index in [1.807, 2.05) is 24.3 Å². The first-order valence-electron chi connectivity index (χ1n) is 5.77. The third-order valence-electron chi connectivity index (χ3n) is 2.87. The van der Waals surface area contributed by atoms with Crippen molar-refractivity contribution in [3.8, 4) is 0 Å². The van der Waals surface area contributed by atoms with Gasteiger partial charge in [0.05, 0.1) is 5.69 Å². The number of nitrogens with one attached hydrogen (secondary N) is 2. The number of benzene rings is 1. The number of aromatic carboxylic acids is 1. The average Bonchev–Trinajstić information content (AvgIpc) is 2.79. The Bertz CT molecular complexity index is 741. The van der Waals surface area contributed by atoms with E-state index in [0.717, 1.165) is 16.6 Å². The van der Waals surface area contributed by atoms with Crippen LogP contribution >= 0.6 is 0 Å². The molecule has 20 heavy (non-hydrogen) atoms. The van der Waals surface area contributed by atoms with Gasteiger partial charge in [0.15, 0.2) is 0 Å². The van der Waals surface area contributed by atoms with Crippen molar-refractivity contribution >= 4 is 79.6 Å². The van der Waals surface area contributed by atoms with Crippen LogP contribution in [0.15, 0.2) is 48.8 Å². The minimum Gasteiger partial charge on any atom is -0.477 e. The second-order valence-corrected chi connectivity index (χ2v) is 4.09. The van der Waals surface area contributed by atoms with Crippen LogP contribution < -0.4 is 5.32 Å². The molecule has 3 N–H and O–H groups in total. The molecule has 3 aromatic rings. The van der Waals surface area contributed by atoms with Crippen molar-refractivity contribution in [3.63, 3.8) is 0 Å². The van der Waals surface area contributed by atoms with Crippen molar-refractivity contribution in [3.05, 3.63) is 54.5 Å². The van der Waals surface area contributed by atoms with Crippen LogP contribution in [0.5, 0.6) is 0 Å². The zero-order chi connectivity index (χ0) is 13.2. The number of fused-ring (bicyclic) bond motifs is 1. The molecule has 3 rings (SSSR count). The van der Waals surface area contributed by atoms with E-state index in [0.29, 0.717) is 5.69 Å². The van der Waals surface area contributed by atoms with Crippen molar-refractivity contribution in [2.45, 2.75) is 0 Å². The topological polar surface area (TPSA) is 78.0 Å². The molecule has 1 aromatic carbocycles. The first kappa shape index (κ1) is 15.2. The first-order chi connectivity index (χ1) is 9.25. The molecule has 0 aliphatic rings. The maximum atomic E-state index is 11.3. The normalized spacial score (nSPS) is 10.0. The van der Waals surface area contributed by atoms with Gasteiger partial charge in [0, 0.05) is 80.4 Å². The molecule has 0 fully saturated rings. The van der Waals surface area contributed by atoms with Gasteiger partial charge in [-0.2, -0.15) is 0 Å². The Kier molecular flexibility index (Phi) is 4.95. The van der Waals surface area contributed by atoms with Gasteiger partial charge in [-0.25, -0.2) is 4.79 Å². The molecule has 2 aromatic heterocycles. The fourth-order valence-corrected chi connectivity index (χ4v) is 2.01. The number of hydrogen-bond donors (Lipinski definition) is 3. The summed E-state index contributed by atoms with van der Waals surface area (Å²) in [6, 6.07) is 11.0. The average molecular weight is 292 g/mol. The maximum Gasteiger partial charge on any atom is 0.354 e. The largest absolute Gasteiger partial charge is 0.477 e. The van der Waals surface area contributed by atoms with E-state index in [4.69, 9.17) is 0 Å². The van der Waals surface area contributed by atoms with E-state index in [9.17, 15) is 9.90 Å². The number of anilines is 2. The third kappa shape index (κ3) is 2.94. The van der Waals surface area contributed by atoms with Crippen molar-refractivity contribution in [2.24, 2.45) is 0 Å². The van der Waals surface area contributed by atoms with Crippen LogP contribution in [0.25, 0.3) is 10.9 Å². The molecule has 0 bridgehead atoms. The molecule has 0 amide bonds. The number of carbonyl (C=O) groups is 1. The van der Waals surface area contributed by atoms with Gasteiger partial charge < -0.3 is 15.4 Å². The summed E-state index contributed by atoms with van der Waals surface area (Å²) in [5, 5.41) is 13.2. The molecule has 5 nitrogen and oxygen atoms in total. The molecule has 6 heteroatoms. The second kappa shape index (κ2) is 6.51. The van der Waals surface area contributed by atoms with Gasteiger partial charge in [0.25, 0.3) is 0 Å². The third-order valence-corrected chi connectivity index (χ3v) is 2.87. The van der Waals surface area contributed by atoms with Crippen molar-refractivity contribution in [1.29, 1.82) is 0 Å². The zero-order valence-corrected chi connectivity index (χ0v) is 14.0. The van der Waals surface area contributed by atoms with E-state index in [2.05, 4.69) is 15.3 Å². The van der Waals surface area contributed by atoms with Crippen LogP contribution in [0.3, 0.4) is 0 Å². The van der Waals surface area contributed by atoms with Crippen LogP contribution in [0.2, 0.25) is 0 Å². The van der Waals surface area contributed by atoms with Gasteiger partial charge in [-0.05, 0) is 18.2 Å². The second-order valence-electron chi connectivity index (χ2n) is 4.09. The number of pyridine rings is 1. The molecule has 95 valence electrons. The van der Waals surface area contributed by atoms with Gasteiger partial charge in [0.2, 0.25) is 0 Å². The van der Waals surface area contributed by atoms with E-state index in [1.54, 1.807) is 24.5 Å². The van der Waals surface area contributed by atoms with Crippen LogP contribution in [-0.2, 0) is 0 Å². The number of hydrogen-bond acceptors (Lipinski definition) is 3. The smallest absolute Gasteiger partial charge is 0.354 e. The molecular weight excluding hydrogens is 281 g/mol. The van der Waals surface area contributed by atoms with Gasteiger partial charge in [-0.1, -0.05) is 18.2 Å². The maximum absolute atomic E-state index is 11.3. The Morgan fingerprint density at radius 2 is 1.85 bits per heavy atom. The zero-order valence-electron chi connectivity index (χ0n) is 10.9. The fraction of sp³-hybridized carbons (Fsp3) is 0. The molecule has 0 aliphatic carbocycles. The predicted molar refractivity (Wildman–Crippen MR) is 78.5 cm³/mol. The van der Waals surface area contributed by atoms with E-state index in [-0.39, 0.29) is 57.1 Å². The van der Waals surface area contributed by atoms with Crippen LogP contribution in [0.1, 0.15) is 10.5 Å². The Balaban J connectivity index is 0.00000147. The molecule has 0 saturated heterocycles. The van der Waals surface area contributed by atoms with Crippen LogP contribution in [0, 0.1) is 0 Å². The summed E-state index contributed by atoms with van der Waals surface area (Å²) in [5.41, 5.74) is 2.30. The Labute approximate surface area is 157 Å². The summed E-state index contributed by atoms with van der Waals surface area (Å²) in [7, 11) is 0. The number of para-hydroxylation sites is 1. The summed E-state index contributed by atoms with van der Waals surface area (Å²) in [5.74, 6) is -0.993. The number of nitrogens with zero attached hydrogens (tertiary/aromatic N) is 1. The van der Waals surface area contributed by atoms with E-state index < -0.39 is 5.97 Å². The molecule has 0 spiro atoms. The fourth-order valence-electron chi connectivity index (χ4n) is 2.01. The number of aromatic nitrogens is 2. The monoisotopic (exact) mass is 292 g/mol. The Morgan fingerprint density at radius 3 is 2.55 bits per heavy atom. The number of H-pyrrole nitrogens is 1. The molecule has 0 saturated carbocycles. The molecule has 2 heterocycles. The van der Waals surface area contributed by atoms with Crippen molar-refractivity contribution < 1.29 is 9.90 Å². The van der Waals surface area contributed by atoms with Crippen LogP contribution in [0.4, 0.5) is 11.4 Å². The van der Waals surface area contributed by atoms with Gasteiger partial charge in [-0.3, -0.25) is 4.98 Å². The van der Waals surface area contributed by atoms with E-state index >= 15 is 0 Å². The summed E-state index contributed by atoms with van der Waals surface area (Å²) in [6.45, 7) is 0. The number of rotatable bonds is 3.